The SMILES string of the molecule is C=CC[C@@H]1/C=C(\C)C[C@H](C)C[C@H](OC)[C@H]2O[C@@](O)(C(=O)C(=O)N3CCCC[C@H]3C(=O)O[C@H](/C(C)=C/C3CC[C@@H](O)[C@H](OC)C3)[C@H](C)[C@@H](OC(=O)CCCOC(=O)CCC(=O)OC(COC(C)=O)COC(C)=O)CC1=O)[C@H](C)C[C@@H]2OC. The van der Waals surface area contributed by atoms with E-state index in [0.29, 0.717) is 50.5 Å². The van der Waals surface area contributed by atoms with Gasteiger partial charge in [0, 0.05) is 72.3 Å². The minimum absolute atomic E-state index is 0.0128. The average molecular weight is 1150 g/mol. The van der Waals surface area contributed by atoms with Crippen molar-refractivity contribution in [3.05, 3.63) is 36.0 Å². The Balaban J connectivity index is 1.69. The van der Waals surface area contributed by atoms with E-state index in [4.69, 9.17) is 47.4 Å². The number of hydrogen-bond acceptors (Lipinski definition) is 21. The van der Waals surface area contributed by atoms with Crippen molar-refractivity contribution >= 4 is 53.3 Å². The molecule has 0 aromatic carbocycles. The number of Topliss-reactive ketones (excluding diaryl/α,β-unsaturated/α-hetero) is 2. The second-order valence-corrected chi connectivity index (χ2v) is 22.3. The van der Waals surface area contributed by atoms with Crippen molar-refractivity contribution in [3.63, 3.8) is 0 Å². The molecular formula is C59H89NO21. The van der Waals surface area contributed by atoms with Crippen molar-refractivity contribution < 1.29 is 101 Å². The maximum absolute atomic E-state index is 14.9. The third-order valence-corrected chi connectivity index (χ3v) is 15.7. The van der Waals surface area contributed by atoms with Gasteiger partial charge >= 0.3 is 35.8 Å². The highest BCUT2D eigenvalue weighted by molar-refractivity contribution is 6.39. The van der Waals surface area contributed by atoms with Crippen LogP contribution < -0.4 is 0 Å². The summed E-state index contributed by atoms with van der Waals surface area (Å²) in [6, 6.07) is -1.29. The van der Waals surface area contributed by atoms with Crippen molar-refractivity contribution in [2.75, 3.05) is 47.7 Å². The van der Waals surface area contributed by atoms with Crippen molar-refractivity contribution in [1.29, 1.82) is 0 Å². The Morgan fingerprint density at radius 3 is 2.07 bits per heavy atom. The van der Waals surface area contributed by atoms with E-state index in [1.165, 1.54) is 21.3 Å². The lowest BCUT2D eigenvalue weighted by molar-refractivity contribution is -0.302. The molecule has 1 unspecified atom stereocenters. The van der Waals surface area contributed by atoms with E-state index in [1.54, 1.807) is 26.8 Å². The predicted molar refractivity (Wildman–Crippen MR) is 289 cm³/mol. The molecule has 0 aromatic rings. The fraction of sp³-hybridized carbons (Fsp3) is 0.746. The maximum Gasteiger partial charge on any atom is 0.329 e. The van der Waals surface area contributed by atoms with Gasteiger partial charge in [-0.2, -0.15) is 0 Å². The lowest BCUT2D eigenvalue weighted by Crippen LogP contribution is -2.64. The number of carbonyl (C=O) groups excluding carboxylic acids is 9. The molecule has 0 radical (unpaired) electrons. The van der Waals surface area contributed by atoms with E-state index in [9.17, 15) is 53.4 Å². The molecule has 1 aliphatic carbocycles. The van der Waals surface area contributed by atoms with Gasteiger partial charge in [0.05, 0.1) is 43.9 Å². The minimum atomic E-state index is -2.61. The molecule has 0 spiro atoms. The molecule has 22 nitrogen and oxygen atoms in total. The molecule has 4 rings (SSSR count). The molecule has 3 aliphatic heterocycles. The third-order valence-electron chi connectivity index (χ3n) is 15.7. The molecule has 81 heavy (non-hydrogen) atoms. The van der Waals surface area contributed by atoms with Crippen LogP contribution in [-0.2, 0) is 90.5 Å². The Kier molecular flexibility index (Phi) is 27.8. The van der Waals surface area contributed by atoms with Crippen LogP contribution in [0.5, 0.6) is 0 Å². The van der Waals surface area contributed by atoms with E-state index in [-0.39, 0.29) is 82.5 Å². The smallest absolute Gasteiger partial charge is 0.329 e. The van der Waals surface area contributed by atoms with Crippen LogP contribution in [0, 0.1) is 29.6 Å². The predicted octanol–water partition coefficient (Wildman–Crippen LogP) is 5.33. The van der Waals surface area contributed by atoms with Gasteiger partial charge in [0.2, 0.25) is 5.79 Å². The van der Waals surface area contributed by atoms with Gasteiger partial charge in [-0.3, -0.25) is 38.4 Å². The van der Waals surface area contributed by atoms with Crippen molar-refractivity contribution in [2.45, 2.75) is 205 Å². The molecule has 4 aliphatic rings. The Labute approximate surface area is 476 Å². The molecule has 22 heteroatoms. The first-order chi connectivity index (χ1) is 38.3. The summed E-state index contributed by atoms with van der Waals surface area (Å²) in [7, 11) is 4.49. The van der Waals surface area contributed by atoms with Crippen LogP contribution in [0.4, 0.5) is 0 Å². The van der Waals surface area contributed by atoms with Gasteiger partial charge < -0.3 is 62.5 Å². The quantitative estimate of drug-likeness (QED) is 0.0512. The van der Waals surface area contributed by atoms with Crippen molar-refractivity contribution in [3.8, 4) is 0 Å². The van der Waals surface area contributed by atoms with Crippen LogP contribution in [0.1, 0.15) is 145 Å². The number of cyclic esters (lactones) is 1. The van der Waals surface area contributed by atoms with E-state index < -0.39 is 139 Å². The number of methoxy groups -OCH3 is 3. The summed E-state index contributed by atoms with van der Waals surface area (Å²) in [5.74, 6) is -12.7. The number of amides is 1. The number of aliphatic hydroxyl groups is 2. The Morgan fingerprint density at radius 2 is 1.44 bits per heavy atom. The highest BCUT2D eigenvalue weighted by Gasteiger charge is 2.57. The number of allylic oxidation sites excluding steroid dienone is 4. The molecule has 456 valence electrons. The monoisotopic (exact) mass is 1150 g/mol. The lowest BCUT2D eigenvalue weighted by Gasteiger charge is -2.47. The number of rotatable bonds is 20. The van der Waals surface area contributed by atoms with Crippen LogP contribution in [0.25, 0.3) is 0 Å². The van der Waals surface area contributed by atoms with E-state index >= 15 is 0 Å². The summed E-state index contributed by atoms with van der Waals surface area (Å²) in [5, 5.41) is 22.9. The van der Waals surface area contributed by atoms with Gasteiger partial charge in [0.25, 0.3) is 11.7 Å². The van der Waals surface area contributed by atoms with Gasteiger partial charge in [0.15, 0.2) is 6.10 Å². The first-order valence-electron chi connectivity index (χ1n) is 28.4. The summed E-state index contributed by atoms with van der Waals surface area (Å²) >= 11 is 0. The number of fused-ring (bicyclic) bond motifs is 3. The molecule has 1 saturated carbocycles. The second kappa shape index (κ2) is 33.0. The first-order valence-corrected chi connectivity index (χ1v) is 28.4. The zero-order chi connectivity index (χ0) is 60.1. The molecule has 3 fully saturated rings. The standard InChI is InChI=1S/C59H89NO21/c1-12-16-42-26-34(2)25-35(3)27-49(73-10)55-50(74-11)29-37(5)59(71,81-55)56(68)57(69)60-23-14-13-17-44(60)58(70)80-54(36(4)28-41-19-20-45(63)48(30-41)72-9)38(6)47(31-46(42)64)79-52(66)18-15-24-75-51(65)21-22-53(67)78-43(32-76-39(7)61)33-77-40(8)62/h12,26,28,35,37-38,41-45,47-50,54-55,63,71H,1,13-25,27,29-33H2,2-11H3/b34-26+,36-28+/t35-,37+,38+,41?,42+,44-,45+,47-,48+,49-,50-,54+,55+,59+/m0/s1. The summed E-state index contributed by atoms with van der Waals surface area (Å²) in [6.07, 6.45) is 0.624. The summed E-state index contributed by atoms with van der Waals surface area (Å²) in [6.45, 7) is 14.1. The van der Waals surface area contributed by atoms with Gasteiger partial charge in [-0.1, -0.05) is 44.6 Å². The number of hydrogen-bond donors (Lipinski definition) is 2. The number of carbonyl (C=O) groups is 9. The first kappa shape index (κ1) is 68.1. The average Bonchev–Trinajstić information content (AvgIpc) is 3.58. The number of esters is 6. The van der Waals surface area contributed by atoms with Gasteiger partial charge in [-0.05, 0) is 102 Å². The highest BCUT2D eigenvalue weighted by Crippen LogP contribution is 2.40. The van der Waals surface area contributed by atoms with Crippen LogP contribution in [-0.4, -0.2) is 177 Å². The van der Waals surface area contributed by atoms with Crippen LogP contribution >= 0.6 is 0 Å². The number of nitrogens with zero attached hydrogens (tertiary/aromatic N) is 1. The zero-order valence-electron chi connectivity index (χ0n) is 49.1. The van der Waals surface area contributed by atoms with Gasteiger partial charge in [0.1, 0.15) is 43.4 Å². The highest BCUT2D eigenvalue weighted by atomic mass is 16.7. The Morgan fingerprint density at radius 1 is 0.802 bits per heavy atom. The second-order valence-electron chi connectivity index (χ2n) is 22.3. The molecule has 2 saturated heterocycles. The number of aliphatic hydroxyl groups excluding tert-OH is 1. The van der Waals surface area contributed by atoms with E-state index in [0.717, 1.165) is 24.3 Å². The zero-order valence-corrected chi connectivity index (χ0v) is 49.1. The lowest BCUT2D eigenvalue weighted by atomic mass is 9.81. The topological polar surface area (TPSA) is 290 Å². The minimum Gasteiger partial charge on any atom is -0.466 e. The maximum atomic E-state index is 14.9. The largest absolute Gasteiger partial charge is 0.466 e. The van der Waals surface area contributed by atoms with Crippen molar-refractivity contribution in [2.24, 2.45) is 29.6 Å². The van der Waals surface area contributed by atoms with Crippen LogP contribution in [0.15, 0.2) is 36.0 Å². The molecule has 14 atom stereocenters. The molecule has 2 N–H and O–H groups in total. The van der Waals surface area contributed by atoms with E-state index in [2.05, 4.69) is 6.58 Å². The molecule has 0 aromatic heterocycles. The number of ether oxygens (including phenoxy) is 10. The van der Waals surface area contributed by atoms with Gasteiger partial charge in [-0.25, -0.2) is 4.79 Å². The van der Waals surface area contributed by atoms with E-state index in [1.807, 2.05) is 26.0 Å². The fourth-order valence-electron chi connectivity index (χ4n) is 11.2. The fourth-order valence-corrected chi connectivity index (χ4v) is 11.2. The Hall–Kier alpha value is -5.39. The number of ketones is 2. The van der Waals surface area contributed by atoms with Gasteiger partial charge in [-0.15, -0.1) is 6.58 Å². The summed E-state index contributed by atoms with van der Waals surface area (Å²) in [4.78, 5) is 122. The van der Waals surface area contributed by atoms with Crippen molar-refractivity contribution in [1.82, 2.24) is 4.90 Å². The molecular weight excluding hydrogens is 1060 g/mol. The van der Waals surface area contributed by atoms with Crippen LogP contribution in [0.2, 0.25) is 0 Å². The third kappa shape index (κ3) is 20.5. The number of piperidine rings is 1. The summed E-state index contributed by atoms with van der Waals surface area (Å²) < 4.78 is 56.6. The van der Waals surface area contributed by atoms with Crippen LogP contribution in [0.3, 0.4) is 0 Å². The summed E-state index contributed by atoms with van der Waals surface area (Å²) in [5.41, 5.74) is 1.38. The molecule has 2 bridgehead atoms. The molecule has 1 amide bonds. The molecule has 3 heterocycles. The Bertz CT molecular complexity index is 2230. The normalized spacial score (nSPS) is 32.0.